The molecule has 2 heteroatoms. The largest absolute Gasteiger partial charge is 0.392 e. The van der Waals surface area contributed by atoms with Gasteiger partial charge in [-0.25, -0.2) is 0 Å². The van der Waals surface area contributed by atoms with Gasteiger partial charge in [0, 0.05) is 24.0 Å². The first-order chi connectivity index (χ1) is 8.45. The standard InChI is InChI=1S/C16H21NO/c1-10-6-11(2)16(12(3)7-10)15-8-14(9-18)13(4)17(15)5/h6-8,18H,9H2,1-5H3. The van der Waals surface area contributed by atoms with Gasteiger partial charge in [0.05, 0.1) is 6.61 Å². The summed E-state index contributed by atoms with van der Waals surface area (Å²) in [4.78, 5) is 0. The van der Waals surface area contributed by atoms with Crippen LogP contribution in [0.1, 0.15) is 27.9 Å². The lowest BCUT2D eigenvalue weighted by Crippen LogP contribution is -1.98. The molecule has 0 spiro atoms. The van der Waals surface area contributed by atoms with Crippen LogP contribution in [0.3, 0.4) is 0 Å². The molecule has 2 nitrogen and oxygen atoms in total. The van der Waals surface area contributed by atoms with Gasteiger partial charge in [0.2, 0.25) is 0 Å². The first-order valence-electron chi connectivity index (χ1n) is 6.30. The van der Waals surface area contributed by atoms with Crippen LogP contribution in [0.5, 0.6) is 0 Å². The number of aryl methyl sites for hydroxylation is 3. The van der Waals surface area contributed by atoms with E-state index in [1.807, 2.05) is 6.92 Å². The van der Waals surface area contributed by atoms with Gasteiger partial charge in [0.15, 0.2) is 0 Å². The number of hydrogen-bond donors (Lipinski definition) is 1. The fourth-order valence-corrected chi connectivity index (χ4v) is 2.75. The predicted molar refractivity (Wildman–Crippen MR) is 75.7 cm³/mol. The van der Waals surface area contributed by atoms with Crippen molar-refractivity contribution in [2.75, 3.05) is 0 Å². The van der Waals surface area contributed by atoms with E-state index in [4.69, 9.17) is 0 Å². The molecule has 0 amide bonds. The Morgan fingerprint density at radius 1 is 1.00 bits per heavy atom. The first-order valence-corrected chi connectivity index (χ1v) is 6.30. The van der Waals surface area contributed by atoms with Crippen LogP contribution in [0.25, 0.3) is 11.3 Å². The zero-order valence-corrected chi connectivity index (χ0v) is 11.8. The van der Waals surface area contributed by atoms with E-state index in [0.29, 0.717) is 0 Å². The summed E-state index contributed by atoms with van der Waals surface area (Å²) in [5.41, 5.74) is 8.48. The van der Waals surface area contributed by atoms with Crippen LogP contribution in [0, 0.1) is 27.7 Å². The molecule has 0 aliphatic rings. The van der Waals surface area contributed by atoms with E-state index >= 15 is 0 Å². The van der Waals surface area contributed by atoms with Gasteiger partial charge in [-0.15, -0.1) is 0 Å². The Labute approximate surface area is 109 Å². The van der Waals surface area contributed by atoms with E-state index in [1.165, 1.54) is 27.9 Å². The Hall–Kier alpha value is -1.54. The summed E-state index contributed by atoms with van der Waals surface area (Å²) in [6, 6.07) is 6.52. The van der Waals surface area contributed by atoms with Crippen molar-refractivity contribution in [1.82, 2.24) is 4.57 Å². The third kappa shape index (κ3) is 1.97. The molecule has 0 radical (unpaired) electrons. The van der Waals surface area contributed by atoms with Crippen molar-refractivity contribution in [3.8, 4) is 11.3 Å². The summed E-state index contributed by atoms with van der Waals surface area (Å²) in [6.45, 7) is 8.57. The average Bonchev–Trinajstić information content (AvgIpc) is 2.56. The summed E-state index contributed by atoms with van der Waals surface area (Å²) < 4.78 is 2.16. The molecule has 1 N–H and O–H groups in total. The lowest BCUT2D eigenvalue weighted by molar-refractivity contribution is 0.281. The Morgan fingerprint density at radius 2 is 1.56 bits per heavy atom. The van der Waals surface area contributed by atoms with E-state index in [9.17, 15) is 5.11 Å². The van der Waals surface area contributed by atoms with Gasteiger partial charge < -0.3 is 9.67 Å². The molecule has 18 heavy (non-hydrogen) atoms. The second-order valence-corrected chi connectivity index (χ2v) is 5.13. The molecular formula is C16H21NO. The highest BCUT2D eigenvalue weighted by molar-refractivity contribution is 5.70. The van der Waals surface area contributed by atoms with Crippen LogP contribution in [0.15, 0.2) is 18.2 Å². The molecule has 96 valence electrons. The SMILES string of the molecule is Cc1cc(C)c(-c2cc(CO)c(C)n2C)c(C)c1. The van der Waals surface area contributed by atoms with Crippen molar-refractivity contribution in [3.05, 3.63) is 46.1 Å². The highest BCUT2D eigenvalue weighted by atomic mass is 16.3. The number of nitrogens with zero attached hydrogens (tertiary/aromatic N) is 1. The lowest BCUT2D eigenvalue weighted by Gasteiger charge is -2.13. The molecule has 0 fully saturated rings. The van der Waals surface area contributed by atoms with Crippen molar-refractivity contribution in [3.63, 3.8) is 0 Å². The highest BCUT2D eigenvalue weighted by Gasteiger charge is 2.14. The number of aromatic nitrogens is 1. The molecule has 1 heterocycles. The predicted octanol–water partition coefficient (Wildman–Crippen LogP) is 3.42. The van der Waals surface area contributed by atoms with Gasteiger partial charge in [0.25, 0.3) is 0 Å². The van der Waals surface area contributed by atoms with Crippen LogP contribution >= 0.6 is 0 Å². The third-order valence-electron chi connectivity index (χ3n) is 3.74. The average molecular weight is 243 g/mol. The van der Waals surface area contributed by atoms with Crippen LogP contribution in [0.4, 0.5) is 0 Å². The molecule has 2 aromatic rings. The molecular weight excluding hydrogens is 222 g/mol. The van der Waals surface area contributed by atoms with E-state index in [0.717, 1.165) is 11.3 Å². The number of hydrogen-bond acceptors (Lipinski definition) is 1. The summed E-state index contributed by atoms with van der Waals surface area (Å²) >= 11 is 0. The van der Waals surface area contributed by atoms with Crippen LogP contribution < -0.4 is 0 Å². The Bertz CT molecular complexity index is 570. The van der Waals surface area contributed by atoms with Gasteiger partial charge in [0.1, 0.15) is 0 Å². The summed E-state index contributed by atoms with van der Waals surface area (Å²) in [7, 11) is 2.06. The smallest absolute Gasteiger partial charge is 0.0699 e. The monoisotopic (exact) mass is 243 g/mol. The van der Waals surface area contributed by atoms with Crippen molar-refractivity contribution in [1.29, 1.82) is 0 Å². The number of aliphatic hydroxyl groups is 1. The Kier molecular flexibility index (Phi) is 3.31. The van der Waals surface area contributed by atoms with Gasteiger partial charge >= 0.3 is 0 Å². The van der Waals surface area contributed by atoms with Crippen molar-refractivity contribution < 1.29 is 5.11 Å². The maximum Gasteiger partial charge on any atom is 0.0699 e. The number of aliphatic hydroxyl groups excluding tert-OH is 1. The molecule has 0 unspecified atom stereocenters. The van der Waals surface area contributed by atoms with Crippen LogP contribution in [0.2, 0.25) is 0 Å². The summed E-state index contributed by atoms with van der Waals surface area (Å²) in [5, 5.41) is 9.37. The maximum atomic E-state index is 9.37. The maximum absolute atomic E-state index is 9.37. The molecule has 0 saturated heterocycles. The normalized spacial score (nSPS) is 11.0. The highest BCUT2D eigenvalue weighted by Crippen LogP contribution is 2.31. The summed E-state index contributed by atoms with van der Waals surface area (Å²) in [5.74, 6) is 0. The fourth-order valence-electron chi connectivity index (χ4n) is 2.75. The number of benzene rings is 1. The molecule has 2 rings (SSSR count). The van der Waals surface area contributed by atoms with Crippen LogP contribution in [-0.2, 0) is 13.7 Å². The molecule has 0 aliphatic heterocycles. The minimum absolute atomic E-state index is 0.101. The third-order valence-corrected chi connectivity index (χ3v) is 3.74. The zero-order valence-electron chi connectivity index (χ0n) is 11.8. The van der Waals surface area contributed by atoms with Crippen molar-refractivity contribution >= 4 is 0 Å². The second-order valence-electron chi connectivity index (χ2n) is 5.13. The Balaban J connectivity index is 2.70. The molecule has 0 aliphatic carbocycles. The van der Waals surface area contributed by atoms with Crippen LogP contribution in [-0.4, -0.2) is 9.67 Å². The van der Waals surface area contributed by atoms with Gasteiger partial charge in [-0.1, -0.05) is 17.7 Å². The quantitative estimate of drug-likeness (QED) is 0.859. The van der Waals surface area contributed by atoms with E-state index in [2.05, 4.69) is 50.6 Å². The number of rotatable bonds is 2. The molecule has 0 bridgehead atoms. The zero-order chi connectivity index (χ0) is 13.4. The lowest BCUT2D eigenvalue weighted by atomic mass is 9.97. The Morgan fingerprint density at radius 3 is 2.00 bits per heavy atom. The van der Waals surface area contributed by atoms with Gasteiger partial charge in [-0.2, -0.15) is 0 Å². The van der Waals surface area contributed by atoms with Gasteiger partial charge in [-0.3, -0.25) is 0 Å². The second kappa shape index (κ2) is 4.62. The van der Waals surface area contributed by atoms with E-state index < -0.39 is 0 Å². The van der Waals surface area contributed by atoms with Crippen molar-refractivity contribution in [2.45, 2.75) is 34.3 Å². The van der Waals surface area contributed by atoms with E-state index in [-0.39, 0.29) is 6.61 Å². The molecule has 0 atom stereocenters. The topological polar surface area (TPSA) is 25.2 Å². The minimum atomic E-state index is 0.101. The first kappa shape index (κ1) is 12.9. The molecule has 0 saturated carbocycles. The fraction of sp³-hybridized carbons (Fsp3) is 0.375. The van der Waals surface area contributed by atoms with E-state index in [1.54, 1.807) is 0 Å². The summed E-state index contributed by atoms with van der Waals surface area (Å²) in [6.07, 6.45) is 0. The minimum Gasteiger partial charge on any atom is -0.392 e. The van der Waals surface area contributed by atoms with Crippen molar-refractivity contribution in [2.24, 2.45) is 7.05 Å². The molecule has 1 aromatic carbocycles. The van der Waals surface area contributed by atoms with Gasteiger partial charge in [-0.05, 0) is 50.5 Å². The molecule has 1 aromatic heterocycles.